The van der Waals surface area contributed by atoms with Crippen molar-refractivity contribution in [3.8, 4) is 0 Å². The van der Waals surface area contributed by atoms with Crippen LogP contribution in [-0.2, 0) is 11.2 Å². The van der Waals surface area contributed by atoms with E-state index in [1.54, 1.807) is 29.2 Å². The lowest BCUT2D eigenvalue weighted by molar-refractivity contribution is -0.136. The van der Waals surface area contributed by atoms with E-state index in [-0.39, 0.29) is 12.5 Å². The van der Waals surface area contributed by atoms with Crippen LogP contribution in [0.15, 0.2) is 36.9 Å². The number of urea groups is 1. The van der Waals surface area contributed by atoms with Crippen LogP contribution < -0.4 is 5.32 Å². The smallest absolute Gasteiger partial charge is 0.322 e. The van der Waals surface area contributed by atoms with Crippen molar-refractivity contribution in [3.63, 3.8) is 0 Å². The molecule has 0 aliphatic rings. The second-order valence-corrected chi connectivity index (χ2v) is 4.35. The fraction of sp³-hybridized carbons (Fsp3) is 0.333. The molecule has 2 amide bonds. The molecule has 1 aromatic carbocycles. The number of aliphatic carboxylic acids is 1. The molecule has 0 heterocycles. The summed E-state index contributed by atoms with van der Waals surface area (Å²) >= 11 is 0. The maximum Gasteiger partial charge on any atom is 0.322 e. The fourth-order valence-electron chi connectivity index (χ4n) is 1.77. The zero-order valence-electron chi connectivity index (χ0n) is 11.6. The molecule has 0 aliphatic heterocycles. The van der Waals surface area contributed by atoms with E-state index in [9.17, 15) is 9.59 Å². The molecule has 2 N–H and O–H groups in total. The summed E-state index contributed by atoms with van der Waals surface area (Å²) in [7, 11) is 0. The SMILES string of the molecule is C=CCN(CC)C(=O)Nc1cccc(CCC(=O)O)c1. The summed E-state index contributed by atoms with van der Waals surface area (Å²) in [6.07, 6.45) is 2.20. The molecule has 0 bridgehead atoms. The molecule has 0 fully saturated rings. The van der Waals surface area contributed by atoms with Gasteiger partial charge in [0.15, 0.2) is 0 Å². The van der Waals surface area contributed by atoms with E-state index in [4.69, 9.17) is 5.11 Å². The van der Waals surface area contributed by atoms with E-state index in [1.807, 2.05) is 13.0 Å². The molecule has 0 spiro atoms. The Morgan fingerprint density at radius 2 is 2.20 bits per heavy atom. The van der Waals surface area contributed by atoms with Crippen LogP contribution in [0.25, 0.3) is 0 Å². The maximum absolute atomic E-state index is 12.0. The summed E-state index contributed by atoms with van der Waals surface area (Å²) in [5, 5.41) is 11.5. The first-order valence-corrected chi connectivity index (χ1v) is 6.54. The average Bonchev–Trinajstić information content (AvgIpc) is 2.42. The first-order valence-electron chi connectivity index (χ1n) is 6.54. The van der Waals surface area contributed by atoms with Crippen LogP contribution in [0, 0.1) is 0 Å². The van der Waals surface area contributed by atoms with Crippen molar-refractivity contribution in [3.05, 3.63) is 42.5 Å². The third-order valence-electron chi connectivity index (χ3n) is 2.82. The summed E-state index contributed by atoms with van der Waals surface area (Å²) in [5.74, 6) is -0.831. The van der Waals surface area contributed by atoms with Gasteiger partial charge in [-0.2, -0.15) is 0 Å². The summed E-state index contributed by atoms with van der Waals surface area (Å²) in [5.41, 5.74) is 1.55. The third kappa shape index (κ3) is 5.14. The normalized spacial score (nSPS) is 9.85. The zero-order valence-corrected chi connectivity index (χ0v) is 11.6. The van der Waals surface area contributed by atoms with E-state index in [2.05, 4.69) is 11.9 Å². The molecular formula is C15H20N2O3. The molecule has 108 valence electrons. The molecule has 5 nitrogen and oxygen atoms in total. The van der Waals surface area contributed by atoms with Gasteiger partial charge in [-0.05, 0) is 31.0 Å². The minimum absolute atomic E-state index is 0.0783. The van der Waals surface area contributed by atoms with E-state index < -0.39 is 5.97 Å². The van der Waals surface area contributed by atoms with Gasteiger partial charge in [0.25, 0.3) is 0 Å². The highest BCUT2D eigenvalue weighted by molar-refractivity contribution is 5.89. The van der Waals surface area contributed by atoms with Gasteiger partial charge < -0.3 is 15.3 Å². The molecule has 1 rings (SSSR count). The van der Waals surface area contributed by atoms with Crippen molar-refractivity contribution in [1.29, 1.82) is 0 Å². The molecule has 5 heteroatoms. The van der Waals surface area contributed by atoms with E-state index in [0.717, 1.165) is 5.56 Å². The molecule has 0 radical (unpaired) electrons. The lowest BCUT2D eigenvalue weighted by atomic mass is 10.1. The van der Waals surface area contributed by atoms with Crippen molar-refractivity contribution >= 4 is 17.7 Å². The van der Waals surface area contributed by atoms with Crippen molar-refractivity contribution in [2.24, 2.45) is 0 Å². The van der Waals surface area contributed by atoms with Crippen LogP contribution in [0.1, 0.15) is 18.9 Å². The number of rotatable bonds is 7. The molecular weight excluding hydrogens is 256 g/mol. The van der Waals surface area contributed by atoms with Crippen LogP contribution in [-0.4, -0.2) is 35.1 Å². The van der Waals surface area contributed by atoms with Crippen LogP contribution in [0.2, 0.25) is 0 Å². The average molecular weight is 276 g/mol. The lowest BCUT2D eigenvalue weighted by Crippen LogP contribution is -2.34. The number of hydrogen-bond donors (Lipinski definition) is 2. The highest BCUT2D eigenvalue weighted by Gasteiger charge is 2.10. The molecule has 1 aromatic rings. The Labute approximate surface area is 118 Å². The largest absolute Gasteiger partial charge is 0.481 e. The minimum Gasteiger partial charge on any atom is -0.481 e. The fourth-order valence-corrected chi connectivity index (χ4v) is 1.77. The second-order valence-electron chi connectivity index (χ2n) is 4.35. The van der Waals surface area contributed by atoms with Crippen molar-refractivity contribution in [1.82, 2.24) is 4.90 Å². The van der Waals surface area contributed by atoms with Crippen LogP contribution in [0.5, 0.6) is 0 Å². The minimum atomic E-state index is -0.831. The Bertz CT molecular complexity index is 486. The Balaban J connectivity index is 2.67. The molecule has 20 heavy (non-hydrogen) atoms. The first-order chi connectivity index (χ1) is 9.56. The Morgan fingerprint density at radius 1 is 1.45 bits per heavy atom. The van der Waals surface area contributed by atoms with Gasteiger partial charge in [-0.3, -0.25) is 4.79 Å². The standard InChI is InChI=1S/C15H20N2O3/c1-3-10-17(4-2)15(20)16-13-7-5-6-12(11-13)8-9-14(18)19/h3,5-7,11H,1,4,8-10H2,2H3,(H,16,20)(H,18,19). The number of carboxylic acid groups (broad SMARTS) is 1. The predicted molar refractivity (Wildman–Crippen MR) is 78.9 cm³/mol. The molecule has 0 saturated heterocycles. The van der Waals surface area contributed by atoms with Gasteiger partial charge in [0.2, 0.25) is 0 Å². The number of amides is 2. The number of nitrogens with one attached hydrogen (secondary N) is 1. The molecule has 0 saturated carbocycles. The molecule has 0 aliphatic carbocycles. The summed E-state index contributed by atoms with van der Waals surface area (Å²) in [6.45, 7) is 6.59. The number of hydrogen-bond acceptors (Lipinski definition) is 2. The number of nitrogens with zero attached hydrogens (tertiary/aromatic N) is 1. The van der Waals surface area contributed by atoms with Gasteiger partial charge in [-0.25, -0.2) is 4.79 Å². The number of anilines is 1. The van der Waals surface area contributed by atoms with Crippen molar-refractivity contribution in [2.45, 2.75) is 19.8 Å². The van der Waals surface area contributed by atoms with Crippen LogP contribution in [0.3, 0.4) is 0 Å². The monoisotopic (exact) mass is 276 g/mol. The first kappa shape index (κ1) is 15.8. The second kappa shape index (κ2) is 7.99. The molecule has 0 aromatic heterocycles. The van der Waals surface area contributed by atoms with E-state index in [0.29, 0.717) is 25.2 Å². The summed E-state index contributed by atoms with van der Waals surface area (Å²) < 4.78 is 0. The molecule has 0 atom stereocenters. The quantitative estimate of drug-likeness (QED) is 0.752. The third-order valence-corrected chi connectivity index (χ3v) is 2.82. The van der Waals surface area contributed by atoms with Gasteiger partial charge in [-0.15, -0.1) is 6.58 Å². The molecule has 0 unspecified atom stereocenters. The predicted octanol–water partition coefficient (Wildman–Crippen LogP) is 2.74. The number of carbonyl (C=O) groups excluding carboxylic acids is 1. The highest BCUT2D eigenvalue weighted by atomic mass is 16.4. The van der Waals surface area contributed by atoms with Crippen LogP contribution in [0.4, 0.5) is 10.5 Å². The number of benzene rings is 1. The topological polar surface area (TPSA) is 69.6 Å². The van der Waals surface area contributed by atoms with Crippen molar-refractivity contribution < 1.29 is 14.7 Å². The van der Waals surface area contributed by atoms with Gasteiger partial charge in [0, 0.05) is 25.2 Å². The van der Waals surface area contributed by atoms with Gasteiger partial charge >= 0.3 is 12.0 Å². The highest BCUT2D eigenvalue weighted by Crippen LogP contribution is 2.13. The maximum atomic E-state index is 12.0. The lowest BCUT2D eigenvalue weighted by Gasteiger charge is -2.19. The number of carbonyl (C=O) groups is 2. The van der Waals surface area contributed by atoms with Gasteiger partial charge in [0.1, 0.15) is 0 Å². The van der Waals surface area contributed by atoms with Crippen LogP contribution >= 0.6 is 0 Å². The summed E-state index contributed by atoms with van der Waals surface area (Å²) in [4.78, 5) is 24.2. The van der Waals surface area contributed by atoms with Crippen molar-refractivity contribution in [2.75, 3.05) is 18.4 Å². The Kier molecular flexibility index (Phi) is 6.29. The van der Waals surface area contributed by atoms with Gasteiger partial charge in [0.05, 0.1) is 0 Å². The Hall–Kier alpha value is -2.30. The number of aryl methyl sites for hydroxylation is 1. The Morgan fingerprint density at radius 3 is 2.80 bits per heavy atom. The summed E-state index contributed by atoms with van der Waals surface area (Å²) in [6, 6.07) is 7.03. The van der Waals surface area contributed by atoms with E-state index >= 15 is 0 Å². The van der Waals surface area contributed by atoms with Gasteiger partial charge in [-0.1, -0.05) is 18.2 Å². The van der Waals surface area contributed by atoms with E-state index in [1.165, 1.54) is 0 Å². The number of likely N-dealkylation sites (N-methyl/N-ethyl adjacent to an activating group) is 1. The zero-order chi connectivity index (χ0) is 15.0. The number of carboxylic acids is 1.